The Kier molecular flexibility index (Phi) is 3.72. The lowest BCUT2D eigenvalue weighted by Crippen LogP contribution is -2.57. The number of ether oxygens (including phenoxy) is 1. The molecule has 0 aromatic heterocycles. The maximum absolute atomic E-state index is 9.96. The summed E-state index contributed by atoms with van der Waals surface area (Å²) in [5.41, 5.74) is 13.8. The molecule has 4 rings (SSSR count). The number of fused-ring (bicyclic) bond motifs is 1. The summed E-state index contributed by atoms with van der Waals surface area (Å²) in [7, 11) is 0. The molecule has 2 fully saturated rings. The SMILES string of the molecule is CC1NNC2OC(N)=C(C#N)C(c3cccc(Cl)c3)(C3CCC3)C12. The van der Waals surface area contributed by atoms with E-state index in [1.165, 1.54) is 6.42 Å². The maximum atomic E-state index is 9.96. The minimum Gasteiger partial charge on any atom is -0.458 e. The second-order valence-electron chi connectivity index (χ2n) is 7.00. The van der Waals surface area contributed by atoms with Gasteiger partial charge in [-0.15, -0.1) is 0 Å². The fraction of sp³-hybridized carbons (Fsp3) is 0.500. The van der Waals surface area contributed by atoms with E-state index in [4.69, 9.17) is 22.1 Å². The van der Waals surface area contributed by atoms with Gasteiger partial charge in [0, 0.05) is 22.4 Å². The van der Waals surface area contributed by atoms with Crippen molar-refractivity contribution >= 4 is 11.6 Å². The molecule has 0 spiro atoms. The van der Waals surface area contributed by atoms with Gasteiger partial charge < -0.3 is 10.5 Å². The van der Waals surface area contributed by atoms with Crippen LogP contribution in [-0.2, 0) is 10.2 Å². The van der Waals surface area contributed by atoms with E-state index < -0.39 is 5.41 Å². The lowest BCUT2D eigenvalue weighted by molar-refractivity contribution is -0.0217. The normalized spacial score (nSPS) is 35.8. The minimum absolute atomic E-state index is 0.0724. The summed E-state index contributed by atoms with van der Waals surface area (Å²) in [5, 5.41) is 10.6. The van der Waals surface area contributed by atoms with E-state index >= 15 is 0 Å². The van der Waals surface area contributed by atoms with Gasteiger partial charge in [0.1, 0.15) is 11.6 Å². The van der Waals surface area contributed by atoms with Crippen LogP contribution < -0.4 is 16.6 Å². The average Bonchev–Trinajstić information content (AvgIpc) is 2.86. The zero-order chi connectivity index (χ0) is 16.9. The van der Waals surface area contributed by atoms with Crippen molar-refractivity contribution in [1.29, 1.82) is 5.26 Å². The summed E-state index contributed by atoms with van der Waals surface area (Å²) in [6.45, 7) is 2.12. The van der Waals surface area contributed by atoms with Crippen LogP contribution in [-0.4, -0.2) is 12.3 Å². The van der Waals surface area contributed by atoms with Crippen LogP contribution in [0, 0.1) is 23.2 Å². The highest BCUT2D eigenvalue weighted by Gasteiger charge is 2.61. The van der Waals surface area contributed by atoms with Crippen LogP contribution in [0.5, 0.6) is 0 Å². The molecule has 0 amide bonds. The van der Waals surface area contributed by atoms with Gasteiger partial charge in [0.25, 0.3) is 0 Å². The van der Waals surface area contributed by atoms with Crippen LogP contribution in [0.2, 0.25) is 5.02 Å². The van der Waals surface area contributed by atoms with Gasteiger partial charge in [-0.3, -0.25) is 5.43 Å². The number of hydrogen-bond acceptors (Lipinski definition) is 5. The maximum Gasteiger partial charge on any atom is 0.200 e. The predicted molar refractivity (Wildman–Crippen MR) is 91.4 cm³/mol. The van der Waals surface area contributed by atoms with Crippen molar-refractivity contribution in [1.82, 2.24) is 10.9 Å². The second kappa shape index (κ2) is 5.66. The van der Waals surface area contributed by atoms with Gasteiger partial charge in [0.05, 0.1) is 0 Å². The summed E-state index contributed by atoms with van der Waals surface area (Å²) in [5.74, 6) is 0.668. The largest absolute Gasteiger partial charge is 0.458 e. The predicted octanol–water partition coefficient (Wildman–Crippen LogP) is 2.54. The molecule has 3 aliphatic rings. The third-order valence-electron chi connectivity index (χ3n) is 5.92. The molecule has 4 atom stereocenters. The van der Waals surface area contributed by atoms with Crippen molar-refractivity contribution in [2.24, 2.45) is 17.6 Å². The molecular formula is C18H21ClN4O. The number of hydrazine groups is 1. The zero-order valence-electron chi connectivity index (χ0n) is 13.6. The van der Waals surface area contributed by atoms with Crippen LogP contribution in [0.3, 0.4) is 0 Å². The summed E-state index contributed by atoms with van der Waals surface area (Å²) in [6.07, 6.45) is 3.10. The minimum atomic E-state index is -0.471. The lowest BCUT2D eigenvalue weighted by Gasteiger charge is -2.53. The highest BCUT2D eigenvalue weighted by Crippen LogP contribution is 2.58. The van der Waals surface area contributed by atoms with Gasteiger partial charge in [0.15, 0.2) is 6.23 Å². The first-order chi connectivity index (χ1) is 11.6. The van der Waals surface area contributed by atoms with Crippen molar-refractivity contribution in [2.45, 2.75) is 43.9 Å². The van der Waals surface area contributed by atoms with Gasteiger partial charge in [-0.05, 0) is 43.4 Å². The quantitative estimate of drug-likeness (QED) is 0.768. The number of nitriles is 1. The number of nitrogens with one attached hydrogen (secondary N) is 2. The Morgan fingerprint density at radius 1 is 1.38 bits per heavy atom. The Morgan fingerprint density at radius 2 is 2.17 bits per heavy atom. The van der Waals surface area contributed by atoms with E-state index in [9.17, 15) is 5.26 Å². The number of rotatable bonds is 2. The molecule has 1 saturated heterocycles. The smallest absolute Gasteiger partial charge is 0.200 e. The fourth-order valence-corrected chi connectivity index (χ4v) is 4.95. The molecular weight excluding hydrogens is 324 g/mol. The zero-order valence-corrected chi connectivity index (χ0v) is 14.3. The Hall–Kier alpha value is -1.74. The van der Waals surface area contributed by atoms with Crippen molar-refractivity contribution < 1.29 is 4.74 Å². The van der Waals surface area contributed by atoms with E-state index in [2.05, 4.69) is 29.9 Å². The lowest BCUT2D eigenvalue weighted by atomic mass is 9.51. The number of nitrogens with two attached hydrogens (primary N) is 1. The van der Waals surface area contributed by atoms with Crippen molar-refractivity contribution in [3.63, 3.8) is 0 Å². The van der Waals surface area contributed by atoms with Gasteiger partial charge in [-0.25, -0.2) is 5.43 Å². The molecule has 1 aliphatic carbocycles. The van der Waals surface area contributed by atoms with Crippen LogP contribution >= 0.6 is 11.6 Å². The Labute approximate surface area is 146 Å². The summed E-state index contributed by atoms with van der Waals surface area (Å²) < 4.78 is 5.84. The van der Waals surface area contributed by atoms with E-state index in [1.807, 2.05) is 18.2 Å². The molecule has 0 bridgehead atoms. The van der Waals surface area contributed by atoms with Gasteiger partial charge in [-0.1, -0.05) is 30.2 Å². The van der Waals surface area contributed by atoms with Crippen LogP contribution in [0.1, 0.15) is 31.7 Å². The molecule has 2 heterocycles. The molecule has 2 aliphatic heterocycles. The number of benzene rings is 1. The van der Waals surface area contributed by atoms with Crippen molar-refractivity contribution in [3.05, 3.63) is 46.3 Å². The first-order valence-corrected chi connectivity index (χ1v) is 8.81. The number of nitrogens with zero attached hydrogens (tertiary/aromatic N) is 1. The molecule has 1 saturated carbocycles. The topological polar surface area (TPSA) is 83.1 Å². The standard InChI is InChI=1S/C18H21ClN4O/c1-10-15-17(23-22-10)24-16(21)14(9-20)18(15,11-4-2-5-11)12-6-3-7-13(19)8-12/h3,6-8,10-11,15,17,22-23H,2,4-5,21H2,1H3. The summed E-state index contributed by atoms with van der Waals surface area (Å²) in [6, 6.07) is 10.4. The number of halogens is 1. The molecule has 6 heteroatoms. The Morgan fingerprint density at radius 3 is 2.79 bits per heavy atom. The molecule has 1 aromatic rings. The van der Waals surface area contributed by atoms with Crippen LogP contribution in [0.25, 0.3) is 0 Å². The first kappa shape index (κ1) is 15.8. The number of hydrogen-bond donors (Lipinski definition) is 3. The molecule has 1 aromatic carbocycles. The molecule has 24 heavy (non-hydrogen) atoms. The highest BCUT2D eigenvalue weighted by atomic mass is 35.5. The summed E-state index contributed by atoms with van der Waals surface area (Å²) >= 11 is 6.31. The van der Waals surface area contributed by atoms with Gasteiger partial charge >= 0.3 is 0 Å². The highest BCUT2D eigenvalue weighted by molar-refractivity contribution is 6.30. The monoisotopic (exact) mass is 344 g/mol. The Bertz CT molecular complexity index is 739. The van der Waals surface area contributed by atoms with Gasteiger partial charge in [-0.2, -0.15) is 5.26 Å². The third-order valence-corrected chi connectivity index (χ3v) is 6.16. The van der Waals surface area contributed by atoms with E-state index in [-0.39, 0.29) is 24.1 Å². The van der Waals surface area contributed by atoms with Crippen molar-refractivity contribution in [2.75, 3.05) is 0 Å². The van der Waals surface area contributed by atoms with Gasteiger partial charge in [0.2, 0.25) is 5.88 Å². The van der Waals surface area contributed by atoms with Crippen molar-refractivity contribution in [3.8, 4) is 6.07 Å². The van der Waals surface area contributed by atoms with Crippen LogP contribution in [0.15, 0.2) is 35.7 Å². The average molecular weight is 345 g/mol. The molecule has 5 nitrogen and oxygen atoms in total. The fourth-order valence-electron chi connectivity index (χ4n) is 4.76. The first-order valence-electron chi connectivity index (χ1n) is 8.43. The Balaban J connectivity index is 2.01. The summed E-state index contributed by atoms with van der Waals surface area (Å²) in [4.78, 5) is 0. The van der Waals surface area contributed by atoms with Crippen LogP contribution in [0.4, 0.5) is 0 Å². The van der Waals surface area contributed by atoms with E-state index in [0.717, 1.165) is 18.4 Å². The molecule has 4 N–H and O–H groups in total. The number of allylic oxidation sites excluding steroid dienone is 1. The third kappa shape index (κ3) is 2.00. The molecule has 0 radical (unpaired) electrons. The molecule has 4 unspecified atom stereocenters. The van der Waals surface area contributed by atoms with E-state index in [0.29, 0.717) is 16.5 Å². The second-order valence-corrected chi connectivity index (χ2v) is 7.44. The van der Waals surface area contributed by atoms with E-state index in [1.54, 1.807) is 0 Å². The molecule has 126 valence electrons.